The maximum atomic E-state index is 10.7. The van der Waals surface area contributed by atoms with Crippen molar-refractivity contribution in [3.63, 3.8) is 0 Å². The Kier molecular flexibility index (Phi) is 1.94. The maximum Gasteiger partial charge on any atom is 0.283 e. The summed E-state index contributed by atoms with van der Waals surface area (Å²) in [6, 6.07) is 0. The monoisotopic (exact) mass is 154 g/mol. The van der Waals surface area contributed by atoms with Gasteiger partial charge in [-0.25, -0.2) is 0 Å². The molecule has 0 aliphatic heterocycles. The first-order valence-electron chi connectivity index (χ1n) is 3.27. The lowest BCUT2D eigenvalue weighted by molar-refractivity contribution is -0.670. The fourth-order valence-corrected chi connectivity index (χ4v) is 0.818. The zero-order chi connectivity index (χ0) is 8.43. The zero-order valence-corrected chi connectivity index (χ0v) is 6.79. The van der Waals surface area contributed by atoms with Gasteiger partial charge in [0.1, 0.15) is 0 Å². The van der Waals surface area contributed by atoms with Gasteiger partial charge in [-0.05, 0) is 13.8 Å². The molecule has 0 unspecified atom stereocenters. The molecule has 4 heteroatoms. The summed E-state index contributed by atoms with van der Waals surface area (Å²) in [4.78, 5) is 0.501. The van der Waals surface area contributed by atoms with Crippen LogP contribution in [-0.2, 0) is 0 Å². The molecule has 0 spiro atoms. The topological polar surface area (TPSA) is 49.1 Å². The van der Waals surface area contributed by atoms with E-state index < -0.39 is 0 Å². The van der Waals surface area contributed by atoms with Crippen molar-refractivity contribution in [2.45, 2.75) is 13.8 Å². The first-order valence-corrected chi connectivity index (χ1v) is 3.27. The first-order chi connectivity index (χ1) is 5.15. The van der Waals surface area contributed by atoms with Crippen LogP contribution >= 0.6 is 0 Å². The van der Waals surface area contributed by atoms with Gasteiger partial charge in [0, 0.05) is 11.1 Å². The molecule has 1 aromatic rings. The quantitative estimate of drug-likeness (QED) is 0.433. The molecule has 0 aliphatic rings. The molecule has 4 nitrogen and oxygen atoms in total. The van der Waals surface area contributed by atoms with Gasteiger partial charge in [-0.2, -0.15) is 0 Å². The predicted octanol–water partition coefficient (Wildman–Crippen LogP) is 0.340. The second-order valence-electron chi connectivity index (χ2n) is 2.35. The number of nitrogens with zero attached hydrogens (tertiary/aromatic N) is 2. The minimum atomic E-state index is 0.389. The van der Waals surface area contributed by atoms with E-state index in [-0.39, 0.29) is 0 Å². The first kappa shape index (κ1) is 7.78. The number of hydrogen-bond acceptors (Lipinski definition) is 3. The third-order valence-electron chi connectivity index (χ3n) is 1.60. The van der Waals surface area contributed by atoms with Crippen LogP contribution in [0.3, 0.4) is 0 Å². The van der Waals surface area contributed by atoms with Crippen LogP contribution in [0.5, 0.6) is 5.88 Å². The molecule has 60 valence electrons. The summed E-state index contributed by atoms with van der Waals surface area (Å²) in [5.41, 5.74) is 1.78. The molecule has 0 saturated carbocycles. The number of rotatable bonds is 1. The molecule has 0 radical (unpaired) electrons. The van der Waals surface area contributed by atoms with Crippen LogP contribution in [-0.4, -0.2) is 12.2 Å². The largest absolute Gasteiger partial charge is 0.594 e. The highest BCUT2D eigenvalue weighted by Crippen LogP contribution is 2.13. The van der Waals surface area contributed by atoms with Crippen molar-refractivity contribution in [2.24, 2.45) is 0 Å². The maximum absolute atomic E-state index is 10.7. The van der Waals surface area contributed by atoms with E-state index in [2.05, 4.69) is 5.10 Å². The van der Waals surface area contributed by atoms with E-state index >= 15 is 0 Å². The van der Waals surface area contributed by atoms with Crippen LogP contribution in [0.1, 0.15) is 11.1 Å². The molecule has 0 atom stereocenters. The summed E-state index contributed by atoms with van der Waals surface area (Å²) >= 11 is 0. The Balaban J connectivity index is 3.24. The average Bonchev–Trinajstić information content (AvgIpc) is 1.96. The molecule has 1 heterocycles. The van der Waals surface area contributed by atoms with E-state index in [0.717, 1.165) is 11.1 Å². The Hall–Kier alpha value is -1.32. The van der Waals surface area contributed by atoms with Gasteiger partial charge in [0.25, 0.3) is 5.88 Å². The van der Waals surface area contributed by atoms with Crippen LogP contribution in [0, 0.1) is 19.1 Å². The van der Waals surface area contributed by atoms with E-state index in [1.807, 2.05) is 13.8 Å². The molecule has 0 saturated heterocycles. The van der Waals surface area contributed by atoms with Crippen LogP contribution in [0.15, 0.2) is 6.20 Å². The summed E-state index contributed by atoms with van der Waals surface area (Å²) < 4.78 is 4.87. The van der Waals surface area contributed by atoms with Crippen LogP contribution < -0.4 is 9.58 Å². The van der Waals surface area contributed by atoms with Crippen molar-refractivity contribution in [1.82, 2.24) is 5.10 Å². The summed E-state index contributed by atoms with van der Waals surface area (Å²) in [5, 5.41) is 14.3. The average molecular weight is 154 g/mol. The highest BCUT2D eigenvalue weighted by molar-refractivity contribution is 5.27. The van der Waals surface area contributed by atoms with Crippen molar-refractivity contribution in [1.29, 1.82) is 0 Å². The summed E-state index contributed by atoms with van der Waals surface area (Å²) in [6.07, 6.45) is 1.41. The second kappa shape index (κ2) is 2.74. The molecule has 0 aromatic carbocycles. The summed E-state index contributed by atoms with van der Waals surface area (Å²) in [5.74, 6) is 0.389. The molecule has 0 N–H and O–H groups in total. The normalized spacial score (nSPS) is 9.73. The smallest absolute Gasteiger partial charge is 0.283 e. The van der Waals surface area contributed by atoms with E-state index in [4.69, 9.17) is 4.74 Å². The lowest BCUT2D eigenvalue weighted by atomic mass is 10.2. The Morgan fingerprint density at radius 1 is 1.55 bits per heavy atom. The van der Waals surface area contributed by atoms with Gasteiger partial charge in [0.05, 0.1) is 12.2 Å². The van der Waals surface area contributed by atoms with Gasteiger partial charge in [0.15, 0.2) is 0 Å². The van der Waals surface area contributed by atoms with Crippen LogP contribution in [0.25, 0.3) is 0 Å². The standard InChI is InChI=1S/C7H10N2O2/c1-5-4-9(10)8-7(11-3)6(5)2/h4H,1-3H3. The summed E-state index contributed by atoms with van der Waals surface area (Å²) in [7, 11) is 1.49. The van der Waals surface area contributed by atoms with Gasteiger partial charge < -0.3 is 9.94 Å². The van der Waals surface area contributed by atoms with E-state index in [0.29, 0.717) is 10.7 Å². The number of methoxy groups -OCH3 is 1. The second-order valence-corrected chi connectivity index (χ2v) is 2.35. The van der Waals surface area contributed by atoms with E-state index in [9.17, 15) is 5.21 Å². The third-order valence-corrected chi connectivity index (χ3v) is 1.60. The molecule has 1 rings (SSSR count). The van der Waals surface area contributed by atoms with Crippen molar-refractivity contribution in [2.75, 3.05) is 7.11 Å². The third kappa shape index (κ3) is 1.39. The molecule has 11 heavy (non-hydrogen) atoms. The van der Waals surface area contributed by atoms with Crippen LogP contribution in [0.4, 0.5) is 0 Å². The Morgan fingerprint density at radius 3 is 2.73 bits per heavy atom. The van der Waals surface area contributed by atoms with Gasteiger partial charge in [-0.1, -0.05) is 4.85 Å². The Labute approximate surface area is 65.0 Å². The van der Waals surface area contributed by atoms with Crippen molar-refractivity contribution in [3.8, 4) is 5.88 Å². The SMILES string of the molecule is COc1n[n+]([O-])cc(C)c1C. The van der Waals surface area contributed by atoms with Gasteiger partial charge in [-0.3, -0.25) is 0 Å². The molecule has 0 aliphatic carbocycles. The van der Waals surface area contributed by atoms with Crippen molar-refractivity contribution >= 4 is 0 Å². The van der Waals surface area contributed by atoms with Gasteiger partial charge >= 0.3 is 0 Å². The highest BCUT2D eigenvalue weighted by atomic mass is 16.5. The molecular weight excluding hydrogens is 144 g/mol. The molecule has 0 bridgehead atoms. The molecule has 1 aromatic heterocycles. The number of aryl methyl sites for hydroxylation is 1. The fraction of sp³-hybridized carbons (Fsp3) is 0.429. The van der Waals surface area contributed by atoms with Crippen LogP contribution in [0.2, 0.25) is 0 Å². The van der Waals surface area contributed by atoms with Gasteiger partial charge in [-0.15, -0.1) is 0 Å². The predicted molar refractivity (Wildman–Crippen MR) is 39.2 cm³/mol. The van der Waals surface area contributed by atoms with Gasteiger partial charge in [0.2, 0.25) is 6.20 Å². The highest BCUT2D eigenvalue weighted by Gasteiger charge is 2.07. The molecule has 0 fully saturated rings. The Bertz CT molecular complexity index is 273. The van der Waals surface area contributed by atoms with Crippen molar-refractivity contribution in [3.05, 3.63) is 22.5 Å². The summed E-state index contributed by atoms with van der Waals surface area (Å²) in [6.45, 7) is 3.70. The van der Waals surface area contributed by atoms with Crippen molar-refractivity contribution < 1.29 is 9.58 Å². The lowest BCUT2D eigenvalue weighted by Gasteiger charge is -2.03. The molecule has 0 amide bonds. The van der Waals surface area contributed by atoms with E-state index in [1.165, 1.54) is 13.3 Å². The molecular formula is C7H10N2O2. The lowest BCUT2D eigenvalue weighted by Crippen LogP contribution is -2.31. The fourth-order valence-electron chi connectivity index (χ4n) is 0.818. The van der Waals surface area contributed by atoms with E-state index in [1.54, 1.807) is 0 Å². The minimum absolute atomic E-state index is 0.389. The minimum Gasteiger partial charge on any atom is -0.594 e. The zero-order valence-electron chi connectivity index (χ0n) is 6.79. The number of aromatic nitrogens is 2. The number of hydrogen-bond donors (Lipinski definition) is 0. The Morgan fingerprint density at radius 2 is 2.18 bits per heavy atom. The number of ether oxygens (including phenoxy) is 1.